The Labute approximate surface area is 316 Å². The molecule has 7 nitrogen and oxygen atoms in total. The normalized spacial score (nSPS) is 12.0. The fourth-order valence-electron chi connectivity index (χ4n) is 5.68. The molecule has 0 aliphatic rings. The van der Waals surface area contributed by atoms with Crippen LogP contribution in [0.1, 0.15) is 168 Å². The van der Waals surface area contributed by atoms with Crippen LogP contribution in [0.25, 0.3) is 0 Å². The van der Waals surface area contributed by atoms with E-state index >= 15 is 0 Å². The molecule has 0 saturated heterocycles. The van der Waals surface area contributed by atoms with E-state index in [1.807, 2.05) is 0 Å². The fraction of sp³-hybridized carbons (Fsp3) is 0.773. The van der Waals surface area contributed by atoms with Gasteiger partial charge < -0.3 is 26.6 Å². The topological polar surface area (TPSA) is 94.3 Å². The Hall–Kier alpha value is -2.22. The van der Waals surface area contributed by atoms with E-state index in [9.17, 15) is 9.59 Å². The molecule has 2 amide bonds. The largest absolute Gasteiger partial charge is 0.355 e. The quantitative estimate of drug-likeness (QED) is 0.0322. The number of carbonyl (C=O) groups excluding carboxylic acids is 2. The molecule has 0 aliphatic carbocycles. The summed E-state index contributed by atoms with van der Waals surface area (Å²) in [5, 5.41) is 16.2. The third kappa shape index (κ3) is 43.9. The molecule has 296 valence electrons. The lowest BCUT2D eigenvalue weighted by Gasteiger charge is -2.09. The molecule has 0 aromatic rings. The van der Waals surface area contributed by atoms with Crippen LogP contribution in [0.3, 0.4) is 0 Å². The van der Waals surface area contributed by atoms with E-state index in [4.69, 9.17) is 0 Å². The van der Waals surface area contributed by atoms with E-state index in [-0.39, 0.29) is 11.8 Å². The first-order valence-corrected chi connectivity index (χ1v) is 21.5. The standard InChI is InChI=1S/C44H83N5O2/c1-3-5-7-9-11-13-15-17-19-21-23-25-27-29-31-33-43(50)48-41-39-46-37-35-45-36-38-47-40-42-49-44(51)34-32-30-28-26-24-22-20-18-16-14-12-10-8-6-4-2/h11-14,17-20,45-47H,3-10,15-16,21-42H2,1-2H3,(H,48,50)(H,49,51)/b13-11-,14-12-,19-17-,20-18-. The predicted octanol–water partition coefficient (Wildman–Crippen LogP) is 9.61. The minimum atomic E-state index is 0.171. The molecule has 0 atom stereocenters. The van der Waals surface area contributed by atoms with Gasteiger partial charge in [0.25, 0.3) is 0 Å². The van der Waals surface area contributed by atoms with Crippen LogP contribution >= 0.6 is 0 Å². The van der Waals surface area contributed by atoms with E-state index in [2.05, 4.69) is 89.0 Å². The SMILES string of the molecule is CCCCC/C=C\C/C=C\CCCCCCCC(=O)NCCNCCNCCNCCNC(=O)CCCCCCC/C=C\C/C=C\CCCCC. The molecule has 0 radical (unpaired) electrons. The highest BCUT2D eigenvalue weighted by Crippen LogP contribution is 2.09. The number of hydrogen-bond donors (Lipinski definition) is 5. The lowest BCUT2D eigenvalue weighted by molar-refractivity contribution is -0.122. The average molecular weight is 714 g/mol. The molecule has 0 saturated carbocycles. The maximum atomic E-state index is 12.0. The first kappa shape index (κ1) is 48.8. The average Bonchev–Trinajstić information content (AvgIpc) is 3.13. The van der Waals surface area contributed by atoms with E-state index < -0.39 is 0 Å². The predicted molar refractivity (Wildman–Crippen MR) is 223 cm³/mol. The molecule has 0 heterocycles. The second-order valence-corrected chi connectivity index (χ2v) is 13.9. The molecule has 51 heavy (non-hydrogen) atoms. The van der Waals surface area contributed by atoms with Crippen LogP contribution in [0.2, 0.25) is 0 Å². The third-order valence-corrected chi connectivity index (χ3v) is 8.91. The van der Waals surface area contributed by atoms with Crippen molar-refractivity contribution in [1.29, 1.82) is 0 Å². The number of carbonyl (C=O) groups is 2. The monoisotopic (exact) mass is 714 g/mol. The first-order valence-electron chi connectivity index (χ1n) is 21.5. The van der Waals surface area contributed by atoms with Gasteiger partial charge in [-0.25, -0.2) is 0 Å². The van der Waals surface area contributed by atoms with Crippen molar-refractivity contribution in [2.45, 2.75) is 168 Å². The summed E-state index contributed by atoms with van der Waals surface area (Å²) < 4.78 is 0. The summed E-state index contributed by atoms with van der Waals surface area (Å²) in [5.41, 5.74) is 0. The minimum absolute atomic E-state index is 0.171. The fourth-order valence-corrected chi connectivity index (χ4v) is 5.68. The summed E-state index contributed by atoms with van der Waals surface area (Å²) in [7, 11) is 0. The van der Waals surface area contributed by atoms with Crippen molar-refractivity contribution in [3.05, 3.63) is 48.6 Å². The Morgan fingerprint density at radius 1 is 0.353 bits per heavy atom. The summed E-state index contributed by atoms with van der Waals surface area (Å²) in [6.07, 6.45) is 46.2. The molecule has 7 heteroatoms. The van der Waals surface area contributed by atoms with Crippen molar-refractivity contribution >= 4 is 11.8 Å². The Kier molecular flexibility index (Phi) is 42.0. The first-order chi connectivity index (χ1) is 25.2. The number of amides is 2. The zero-order chi connectivity index (χ0) is 37.0. The molecular weight excluding hydrogens is 631 g/mol. The third-order valence-electron chi connectivity index (χ3n) is 8.91. The van der Waals surface area contributed by atoms with Gasteiger partial charge in [0.1, 0.15) is 0 Å². The molecule has 0 aromatic carbocycles. The van der Waals surface area contributed by atoms with Gasteiger partial charge in [0, 0.05) is 65.2 Å². The molecular formula is C44H83N5O2. The molecule has 0 bridgehead atoms. The number of rotatable bonds is 40. The highest BCUT2D eigenvalue weighted by atomic mass is 16.2. The Morgan fingerprint density at radius 2 is 0.647 bits per heavy atom. The molecule has 0 fully saturated rings. The van der Waals surface area contributed by atoms with E-state index in [1.54, 1.807) is 0 Å². The zero-order valence-electron chi connectivity index (χ0n) is 33.6. The number of hydrogen-bond acceptors (Lipinski definition) is 5. The lowest BCUT2D eigenvalue weighted by atomic mass is 10.1. The van der Waals surface area contributed by atoms with E-state index in [1.165, 1.54) is 103 Å². The highest BCUT2D eigenvalue weighted by molar-refractivity contribution is 5.76. The Balaban J connectivity index is 3.31. The van der Waals surface area contributed by atoms with Gasteiger partial charge in [0.15, 0.2) is 0 Å². The summed E-state index contributed by atoms with van der Waals surface area (Å²) in [6, 6.07) is 0. The number of allylic oxidation sites excluding steroid dienone is 8. The Morgan fingerprint density at radius 3 is 1.00 bits per heavy atom. The zero-order valence-corrected chi connectivity index (χ0v) is 33.6. The van der Waals surface area contributed by atoms with Gasteiger partial charge in [-0.2, -0.15) is 0 Å². The summed E-state index contributed by atoms with van der Waals surface area (Å²) in [5.74, 6) is 0.341. The van der Waals surface area contributed by atoms with E-state index in [0.29, 0.717) is 25.9 Å². The second-order valence-electron chi connectivity index (χ2n) is 13.9. The maximum Gasteiger partial charge on any atom is 0.220 e. The van der Waals surface area contributed by atoms with Crippen molar-refractivity contribution in [3.63, 3.8) is 0 Å². The second kappa shape index (κ2) is 43.9. The number of nitrogens with one attached hydrogen (secondary N) is 5. The van der Waals surface area contributed by atoms with Crippen molar-refractivity contribution in [1.82, 2.24) is 26.6 Å². The summed E-state index contributed by atoms with van der Waals surface area (Å²) in [4.78, 5) is 24.1. The van der Waals surface area contributed by atoms with Crippen LogP contribution in [0.5, 0.6) is 0 Å². The van der Waals surface area contributed by atoms with Crippen molar-refractivity contribution in [3.8, 4) is 0 Å². The van der Waals surface area contributed by atoms with Gasteiger partial charge >= 0.3 is 0 Å². The molecule has 0 aromatic heterocycles. The van der Waals surface area contributed by atoms with Gasteiger partial charge in [-0.15, -0.1) is 0 Å². The van der Waals surface area contributed by atoms with E-state index in [0.717, 1.165) is 77.8 Å². The molecule has 0 rings (SSSR count). The van der Waals surface area contributed by atoms with Gasteiger partial charge in [-0.3, -0.25) is 9.59 Å². The van der Waals surface area contributed by atoms with Gasteiger partial charge in [-0.1, -0.05) is 127 Å². The maximum absolute atomic E-state index is 12.0. The van der Waals surface area contributed by atoms with Crippen LogP contribution in [-0.4, -0.2) is 64.2 Å². The molecule has 0 unspecified atom stereocenters. The van der Waals surface area contributed by atoms with Gasteiger partial charge in [0.05, 0.1) is 0 Å². The molecule has 0 spiro atoms. The highest BCUT2D eigenvalue weighted by Gasteiger charge is 2.01. The number of unbranched alkanes of at least 4 members (excludes halogenated alkanes) is 16. The minimum Gasteiger partial charge on any atom is -0.355 e. The van der Waals surface area contributed by atoms with Gasteiger partial charge in [0.2, 0.25) is 11.8 Å². The van der Waals surface area contributed by atoms with Crippen LogP contribution < -0.4 is 26.6 Å². The van der Waals surface area contributed by atoms with Gasteiger partial charge in [-0.05, 0) is 77.0 Å². The smallest absolute Gasteiger partial charge is 0.220 e. The summed E-state index contributed by atoms with van der Waals surface area (Å²) in [6.45, 7) is 11.0. The van der Waals surface area contributed by atoms with Crippen molar-refractivity contribution < 1.29 is 9.59 Å². The molecule has 0 aliphatic heterocycles. The van der Waals surface area contributed by atoms with Crippen LogP contribution in [0.15, 0.2) is 48.6 Å². The van der Waals surface area contributed by atoms with Crippen LogP contribution in [-0.2, 0) is 9.59 Å². The van der Waals surface area contributed by atoms with Crippen molar-refractivity contribution in [2.24, 2.45) is 0 Å². The lowest BCUT2D eigenvalue weighted by Crippen LogP contribution is -2.37. The Bertz CT molecular complexity index is 786. The van der Waals surface area contributed by atoms with Crippen LogP contribution in [0.4, 0.5) is 0 Å². The molecule has 5 N–H and O–H groups in total. The summed E-state index contributed by atoms with van der Waals surface area (Å²) >= 11 is 0. The van der Waals surface area contributed by atoms with Crippen LogP contribution in [0, 0.1) is 0 Å². The van der Waals surface area contributed by atoms with Crippen molar-refractivity contribution in [2.75, 3.05) is 52.4 Å².